The molecule has 2 aromatic rings. The molecule has 1 aromatic carbocycles. The van der Waals surface area contributed by atoms with Crippen molar-refractivity contribution < 1.29 is 17.9 Å². The summed E-state index contributed by atoms with van der Waals surface area (Å²) in [4.78, 5) is 7.96. The van der Waals surface area contributed by atoms with Crippen molar-refractivity contribution in [3.8, 4) is 5.75 Å². The second kappa shape index (κ2) is 10.4. The normalized spacial score (nSPS) is 11.9. The molecular weight excluding hydrogens is 371 g/mol. The molecule has 0 atom stereocenters. The van der Waals surface area contributed by atoms with Crippen molar-refractivity contribution in [3.05, 3.63) is 53.7 Å². The van der Waals surface area contributed by atoms with Gasteiger partial charge in [-0.3, -0.25) is 4.99 Å². The molecule has 0 amide bonds. The van der Waals surface area contributed by atoms with Gasteiger partial charge in [-0.25, -0.2) is 4.98 Å². The SMILES string of the molecule is COc1ccc(CCNC(N)=NCCCNc2ccc(C(F)(F)F)cn2)cc1. The summed E-state index contributed by atoms with van der Waals surface area (Å²) in [6.07, 6.45) is -2.09. The summed E-state index contributed by atoms with van der Waals surface area (Å²) in [6, 6.07) is 10.1. The van der Waals surface area contributed by atoms with Gasteiger partial charge in [0.1, 0.15) is 11.6 Å². The molecule has 2 rings (SSSR count). The number of halogens is 3. The molecule has 1 aromatic heterocycles. The van der Waals surface area contributed by atoms with Gasteiger partial charge in [0.05, 0.1) is 12.7 Å². The molecule has 0 aliphatic rings. The van der Waals surface area contributed by atoms with E-state index in [0.717, 1.165) is 30.0 Å². The van der Waals surface area contributed by atoms with Gasteiger partial charge in [0.15, 0.2) is 5.96 Å². The average molecular weight is 395 g/mol. The van der Waals surface area contributed by atoms with E-state index in [2.05, 4.69) is 20.6 Å². The third-order valence-electron chi connectivity index (χ3n) is 3.89. The number of nitrogens with one attached hydrogen (secondary N) is 2. The first kappa shape index (κ1) is 21.3. The second-order valence-corrected chi connectivity index (χ2v) is 6.00. The van der Waals surface area contributed by atoms with Crippen LogP contribution in [0.1, 0.15) is 17.5 Å². The Morgan fingerprint density at radius 1 is 1.14 bits per heavy atom. The van der Waals surface area contributed by atoms with E-state index in [-0.39, 0.29) is 0 Å². The Morgan fingerprint density at radius 2 is 1.89 bits per heavy atom. The van der Waals surface area contributed by atoms with Gasteiger partial charge >= 0.3 is 6.18 Å². The van der Waals surface area contributed by atoms with Crippen LogP contribution in [0.5, 0.6) is 5.75 Å². The number of hydrogen-bond acceptors (Lipinski definition) is 4. The molecule has 0 aliphatic heterocycles. The van der Waals surface area contributed by atoms with Gasteiger partial charge in [0, 0.05) is 25.8 Å². The molecular formula is C19H24F3N5O. The Hall–Kier alpha value is -2.97. The van der Waals surface area contributed by atoms with Crippen molar-refractivity contribution >= 4 is 11.8 Å². The molecule has 0 bridgehead atoms. The van der Waals surface area contributed by atoms with Gasteiger partial charge in [-0.05, 0) is 42.7 Å². The van der Waals surface area contributed by atoms with Crippen LogP contribution in [0.4, 0.5) is 19.0 Å². The third kappa shape index (κ3) is 7.34. The van der Waals surface area contributed by atoms with Gasteiger partial charge in [-0.1, -0.05) is 12.1 Å². The van der Waals surface area contributed by atoms with E-state index in [9.17, 15) is 13.2 Å². The Bertz CT molecular complexity index is 746. The predicted molar refractivity (Wildman–Crippen MR) is 104 cm³/mol. The zero-order valence-corrected chi connectivity index (χ0v) is 15.6. The van der Waals surface area contributed by atoms with E-state index >= 15 is 0 Å². The highest BCUT2D eigenvalue weighted by Gasteiger charge is 2.30. The lowest BCUT2D eigenvalue weighted by Gasteiger charge is -2.08. The largest absolute Gasteiger partial charge is 0.497 e. The number of pyridine rings is 1. The quantitative estimate of drug-likeness (QED) is 0.345. The molecule has 0 aliphatic carbocycles. The Kier molecular flexibility index (Phi) is 7.91. The number of methoxy groups -OCH3 is 1. The molecule has 28 heavy (non-hydrogen) atoms. The zero-order valence-electron chi connectivity index (χ0n) is 15.6. The summed E-state index contributed by atoms with van der Waals surface area (Å²) in [5.41, 5.74) is 6.21. The minimum absolute atomic E-state index is 0.362. The van der Waals surface area contributed by atoms with Gasteiger partial charge in [-0.2, -0.15) is 13.2 Å². The summed E-state index contributed by atoms with van der Waals surface area (Å²) >= 11 is 0. The van der Waals surface area contributed by atoms with Crippen molar-refractivity contribution in [1.29, 1.82) is 0 Å². The summed E-state index contributed by atoms with van der Waals surface area (Å²) in [5, 5.41) is 6.00. The lowest BCUT2D eigenvalue weighted by Crippen LogP contribution is -2.33. The van der Waals surface area contributed by atoms with Crippen LogP contribution in [0, 0.1) is 0 Å². The van der Waals surface area contributed by atoms with Crippen LogP contribution in [0.15, 0.2) is 47.6 Å². The molecule has 9 heteroatoms. The molecule has 0 unspecified atom stereocenters. The summed E-state index contributed by atoms with van der Waals surface area (Å²) < 4.78 is 42.5. The number of alkyl halides is 3. The minimum Gasteiger partial charge on any atom is -0.497 e. The van der Waals surface area contributed by atoms with Crippen LogP contribution in [-0.4, -0.2) is 37.7 Å². The van der Waals surface area contributed by atoms with Crippen LogP contribution in [0.3, 0.4) is 0 Å². The first-order valence-electron chi connectivity index (χ1n) is 8.82. The molecule has 0 saturated carbocycles. The van der Waals surface area contributed by atoms with Gasteiger partial charge in [-0.15, -0.1) is 0 Å². The van der Waals surface area contributed by atoms with E-state index in [1.807, 2.05) is 24.3 Å². The van der Waals surface area contributed by atoms with E-state index in [0.29, 0.717) is 37.8 Å². The van der Waals surface area contributed by atoms with E-state index < -0.39 is 11.7 Å². The highest BCUT2D eigenvalue weighted by molar-refractivity contribution is 5.77. The third-order valence-corrected chi connectivity index (χ3v) is 3.89. The smallest absolute Gasteiger partial charge is 0.417 e. The van der Waals surface area contributed by atoms with Crippen LogP contribution < -0.4 is 21.1 Å². The number of benzene rings is 1. The fourth-order valence-electron chi connectivity index (χ4n) is 2.34. The van der Waals surface area contributed by atoms with Gasteiger partial charge in [0.2, 0.25) is 0 Å². The molecule has 0 fully saturated rings. The number of aliphatic imine (C=N–C) groups is 1. The molecule has 0 radical (unpaired) electrons. The molecule has 152 valence electrons. The van der Waals surface area contributed by atoms with E-state index in [1.165, 1.54) is 6.07 Å². The number of nitrogens with zero attached hydrogens (tertiary/aromatic N) is 2. The van der Waals surface area contributed by atoms with Gasteiger partial charge in [0.25, 0.3) is 0 Å². The highest BCUT2D eigenvalue weighted by Crippen LogP contribution is 2.28. The minimum atomic E-state index is -4.38. The lowest BCUT2D eigenvalue weighted by molar-refractivity contribution is -0.137. The van der Waals surface area contributed by atoms with Crippen LogP contribution in [-0.2, 0) is 12.6 Å². The maximum Gasteiger partial charge on any atom is 0.417 e. The van der Waals surface area contributed by atoms with Crippen molar-refractivity contribution in [3.63, 3.8) is 0 Å². The molecule has 6 nitrogen and oxygen atoms in total. The maximum absolute atomic E-state index is 12.5. The Labute approximate surface area is 162 Å². The first-order valence-corrected chi connectivity index (χ1v) is 8.82. The molecule has 0 saturated heterocycles. The fourth-order valence-corrected chi connectivity index (χ4v) is 2.34. The number of aromatic nitrogens is 1. The summed E-state index contributed by atoms with van der Waals surface area (Å²) in [7, 11) is 1.63. The lowest BCUT2D eigenvalue weighted by atomic mass is 10.1. The first-order chi connectivity index (χ1) is 13.4. The summed E-state index contributed by atoms with van der Waals surface area (Å²) in [6.45, 7) is 1.69. The van der Waals surface area contributed by atoms with E-state index in [1.54, 1.807) is 7.11 Å². The van der Waals surface area contributed by atoms with Crippen molar-refractivity contribution in [1.82, 2.24) is 10.3 Å². The zero-order chi connectivity index (χ0) is 20.4. The number of anilines is 1. The van der Waals surface area contributed by atoms with Gasteiger partial charge < -0.3 is 21.1 Å². The number of rotatable bonds is 9. The standard InChI is InChI=1S/C19H24F3N5O/c1-28-16-6-3-14(4-7-16)9-12-26-18(23)25-11-2-10-24-17-8-5-15(13-27-17)19(20,21)22/h3-8,13H,2,9-12H2,1H3,(H,24,27)(H3,23,25,26). The predicted octanol–water partition coefficient (Wildman–Crippen LogP) is 3.06. The second-order valence-electron chi connectivity index (χ2n) is 6.00. The number of hydrogen-bond donors (Lipinski definition) is 3. The Balaban J connectivity index is 1.61. The van der Waals surface area contributed by atoms with Crippen molar-refractivity contribution in [2.45, 2.75) is 19.0 Å². The van der Waals surface area contributed by atoms with Crippen LogP contribution in [0.25, 0.3) is 0 Å². The molecule has 4 N–H and O–H groups in total. The Morgan fingerprint density at radius 3 is 2.50 bits per heavy atom. The number of ether oxygens (including phenoxy) is 1. The highest BCUT2D eigenvalue weighted by atomic mass is 19.4. The monoisotopic (exact) mass is 395 g/mol. The van der Waals surface area contributed by atoms with Crippen LogP contribution in [0.2, 0.25) is 0 Å². The molecule has 0 spiro atoms. The summed E-state index contributed by atoms with van der Waals surface area (Å²) in [5.74, 6) is 1.57. The number of nitrogens with two attached hydrogens (primary N) is 1. The number of guanidine groups is 1. The fraction of sp³-hybridized carbons (Fsp3) is 0.368. The van der Waals surface area contributed by atoms with Crippen LogP contribution >= 0.6 is 0 Å². The van der Waals surface area contributed by atoms with Crippen molar-refractivity contribution in [2.75, 3.05) is 32.1 Å². The molecule has 1 heterocycles. The van der Waals surface area contributed by atoms with E-state index in [4.69, 9.17) is 10.5 Å². The maximum atomic E-state index is 12.5. The topological polar surface area (TPSA) is 84.6 Å². The van der Waals surface area contributed by atoms with Crippen molar-refractivity contribution in [2.24, 2.45) is 10.7 Å². The average Bonchev–Trinajstić information content (AvgIpc) is 2.68.